The Balaban J connectivity index is 2.35. The Morgan fingerprint density at radius 3 is 2.75 bits per heavy atom. The quantitative estimate of drug-likeness (QED) is 0.627. The van der Waals surface area contributed by atoms with Crippen LogP contribution < -0.4 is 9.30 Å². The van der Waals surface area contributed by atoms with E-state index < -0.39 is 22.0 Å². The molecule has 2 aromatic rings. The maximum absolute atomic E-state index is 10.8. The molecule has 1 aromatic carbocycles. The second-order valence-electron chi connectivity index (χ2n) is 4.47. The molecule has 0 radical (unpaired) electrons. The Morgan fingerprint density at radius 2 is 2.15 bits per heavy atom. The van der Waals surface area contributed by atoms with Crippen LogP contribution in [0.2, 0.25) is 0 Å². The first-order chi connectivity index (χ1) is 9.30. The van der Waals surface area contributed by atoms with Gasteiger partial charge >= 0.3 is 0 Å². The fourth-order valence-corrected chi connectivity index (χ4v) is 3.64. The summed E-state index contributed by atoms with van der Waals surface area (Å²) in [5, 5.41) is 10.7. The molecule has 1 atom stereocenters. The molecule has 0 fully saturated rings. The number of fused-ring (bicyclic) bond motifs is 1. The van der Waals surface area contributed by atoms with Gasteiger partial charge in [-0.05, 0) is 12.1 Å². The average molecular weight is 318 g/mol. The third-order valence-electron chi connectivity index (χ3n) is 2.89. The van der Waals surface area contributed by atoms with Gasteiger partial charge in [0.25, 0.3) is 10.1 Å². The van der Waals surface area contributed by atoms with Crippen molar-refractivity contribution in [2.24, 2.45) is 0 Å². The van der Waals surface area contributed by atoms with Crippen molar-refractivity contribution in [2.75, 3.05) is 12.9 Å². The highest BCUT2D eigenvalue weighted by Crippen LogP contribution is 2.24. The van der Waals surface area contributed by atoms with Gasteiger partial charge in [-0.1, -0.05) is 11.3 Å². The number of thiazole rings is 1. The lowest BCUT2D eigenvalue weighted by molar-refractivity contribution is -0.679. The summed E-state index contributed by atoms with van der Waals surface area (Å²) in [7, 11) is -2.62. The number of aryl methyl sites for hydroxylation is 1. The van der Waals surface area contributed by atoms with E-state index in [-0.39, 0.29) is 6.54 Å². The normalized spacial score (nSPS) is 13.6. The minimum atomic E-state index is -4.19. The summed E-state index contributed by atoms with van der Waals surface area (Å²) in [4.78, 5) is 0. The van der Waals surface area contributed by atoms with E-state index in [1.165, 1.54) is 0 Å². The topological polar surface area (TPSA) is 87.7 Å². The molecule has 0 aliphatic rings. The van der Waals surface area contributed by atoms with Crippen LogP contribution >= 0.6 is 11.3 Å². The Kier molecular flexibility index (Phi) is 4.28. The minimum absolute atomic E-state index is 0.0960. The first-order valence-corrected chi connectivity index (χ1v) is 8.33. The van der Waals surface area contributed by atoms with Gasteiger partial charge in [0.05, 0.1) is 13.2 Å². The summed E-state index contributed by atoms with van der Waals surface area (Å²) in [5.74, 6) is 0.00845. The standard InChI is InChI=1S/C12H15NO5S2/c1-8-13(6-9(14)7-20(15,16)17)11-5-10(18-2)3-4-12(11)19-8/h3-5,9,14H,6-7H2,1-2H3/p+1. The maximum Gasteiger partial charge on any atom is 0.267 e. The molecule has 1 heterocycles. The zero-order valence-electron chi connectivity index (χ0n) is 11.1. The van der Waals surface area contributed by atoms with Gasteiger partial charge in [-0.15, -0.1) is 0 Å². The fraction of sp³-hybridized carbons (Fsp3) is 0.417. The molecule has 0 aliphatic heterocycles. The number of ether oxygens (including phenoxy) is 1. The molecule has 8 heteroatoms. The van der Waals surface area contributed by atoms with E-state index in [1.807, 2.05) is 29.7 Å². The summed E-state index contributed by atoms with van der Waals surface area (Å²) >= 11 is 1.54. The smallest absolute Gasteiger partial charge is 0.267 e. The number of aromatic nitrogens is 1. The van der Waals surface area contributed by atoms with Crippen molar-refractivity contribution >= 4 is 31.7 Å². The molecule has 0 saturated carbocycles. The van der Waals surface area contributed by atoms with Crippen molar-refractivity contribution in [3.05, 3.63) is 23.2 Å². The highest BCUT2D eigenvalue weighted by Gasteiger charge is 2.24. The SMILES string of the molecule is COc1ccc2sc(C)[n+](CC(O)CS(=O)(=O)O)c2c1. The third kappa shape index (κ3) is 3.45. The highest BCUT2D eigenvalue weighted by molar-refractivity contribution is 7.85. The van der Waals surface area contributed by atoms with Crippen LogP contribution in [0.25, 0.3) is 10.2 Å². The Morgan fingerprint density at radius 1 is 1.45 bits per heavy atom. The maximum atomic E-state index is 10.8. The molecule has 2 N–H and O–H groups in total. The number of nitrogens with zero attached hydrogens (tertiary/aromatic N) is 1. The number of aliphatic hydroxyl groups excluding tert-OH is 1. The molecule has 1 aromatic heterocycles. The number of hydrogen-bond acceptors (Lipinski definition) is 5. The molecule has 6 nitrogen and oxygen atoms in total. The van der Waals surface area contributed by atoms with Gasteiger partial charge in [0.2, 0.25) is 10.5 Å². The van der Waals surface area contributed by atoms with E-state index >= 15 is 0 Å². The monoisotopic (exact) mass is 318 g/mol. The molecule has 0 aliphatic carbocycles. The Hall–Kier alpha value is -1.22. The Labute approximate surface area is 121 Å². The zero-order chi connectivity index (χ0) is 14.9. The molecular formula is C12H16NO5S2+. The average Bonchev–Trinajstić information content (AvgIpc) is 2.63. The van der Waals surface area contributed by atoms with Crippen molar-refractivity contribution in [3.63, 3.8) is 0 Å². The summed E-state index contributed by atoms with van der Waals surface area (Å²) in [5.41, 5.74) is 0.862. The van der Waals surface area contributed by atoms with Crippen LogP contribution in [0.15, 0.2) is 18.2 Å². The molecule has 0 amide bonds. The summed E-state index contributed by atoms with van der Waals surface area (Å²) in [6.45, 7) is 1.98. The van der Waals surface area contributed by atoms with Gasteiger partial charge < -0.3 is 9.84 Å². The first kappa shape index (κ1) is 15.2. The van der Waals surface area contributed by atoms with Gasteiger partial charge in [0, 0.05) is 6.92 Å². The van der Waals surface area contributed by atoms with E-state index in [9.17, 15) is 13.5 Å². The lowest BCUT2D eigenvalue weighted by Crippen LogP contribution is -2.43. The van der Waals surface area contributed by atoms with Crippen molar-refractivity contribution < 1.29 is 27.4 Å². The fourth-order valence-electron chi connectivity index (χ4n) is 2.04. The summed E-state index contributed by atoms with van der Waals surface area (Å²) in [6, 6.07) is 5.59. The highest BCUT2D eigenvalue weighted by atomic mass is 32.2. The van der Waals surface area contributed by atoms with E-state index in [1.54, 1.807) is 18.4 Å². The molecule has 0 spiro atoms. The van der Waals surface area contributed by atoms with E-state index in [0.29, 0.717) is 5.75 Å². The second-order valence-corrected chi connectivity index (χ2v) is 7.20. The van der Waals surface area contributed by atoms with Crippen molar-refractivity contribution in [1.82, 2.24) is 0 Å². The van der Waals surface area contributed by atoms with Gasteiger partial charge in [0.15, 0.2) is 6.54 Å². The zero-order valence-corrected chi connectivity index (χ0v) is 12.7. The van der Waals surface area contributed by atoms with Crippen LogP contribution in [0.5, 0.6) is 5.75 Å². The van der Waals surface area contributed by atoms with E-state index in [0.717, 1.165) is 15.2 Å². The summed E-state index contributed by atoms with van der Waals surface area (Å²) in [6.07, 6.45) is -1.17. The van der Waals surface area contributed by atoms with Crippen LogP contribution in [0, 0.1) is 6.92 Å². The minimum Gasteiger partial charge on any atom is -0.497 e. The van der Waals surface area contributed by atoms with Crippen molar-refractivity contribution in [3.8, 4) is 5.75 Å². The van der Waals surface area contributed by atoms with E-state index in [4.69, 9.17) is 9.29 Å². The van der Waals surface area contributed by atoms with Gasteiger partial charge in [-0.2, -0.15) is 13.0 Å². The van der Waals surface area contributed by atoms with Crippen molar-refractivity contribution in [2.45, 2.75) is 19.6 Å². The number of hydrogen-bond donors (Lipinski definition) is 2. The summed E-state index contributed by atoms with van der Waals surface area (Å²) < 4.78 is 38.3. The van der Waals surface area contributed by atoms with Crippen LogP contribution in [-0.4, -0.2) is 37.0 Å². The number of rotatable bonds is 5. The number of aliphatic hydroxyl groups is 1. The van der Waals surface area contributed by atoms with Gasteiger partial charge in [-0.25, -0.2) is 0 Å². The lowest BCUT2D eigenvalue weighted by Gasteiger charge is -2.05. The van der Waals surface area contributed by atoms with Gasteiger partial charge in [-0.3, -0.25) is 4.55 Å². The molecular weight excluding hydrogens is 302 g/mol. The van der Waals surface area contributed by atoms with Crippen LogP contribution in [0.4, 0.5) is 0 Å². The third-order valence-corrected chi connectivity index (χ3v) is 4.78. The van der Waals surface area contributed by atoms with Crippen molar-refractivity contribution in [1.29, 1.82) is 0 Å². The van der Waals surface area contributed by atoms with Crippen LogP contribution in [0.1, 0.15) is 5.01 Å². The molecule has 1 unspecified atom stereocenters. The molecule has 20 heavy (non-hydrogen) atoms. The molecule has 0 bridgehead atoms. The Bertz CT molecular complexity index is 723. The number of benzene rings is 1. The predicted octanol–water partition coefficient (Wildman–Crippen LogP) is 0.755. The van der Waals surface area contributed by atoms with Crippen LogP contribution in [-0.2, 0) is 16.7 Å². The number of methoxy groups -OCH3 is 1. The second kappa shape index (κ2) is 5.65. The molecule has 110 valence electrons. The molecule has 2 rings (SSSR count). The first-order valence-electron chi connectivity index (χ1n) is 5.90. The van der Waals surface area contributed by atoms with Gasteiger partial charge in [0.1, 0.15) is 22.3 Å². The predicted molar refractivity (Wildman–Crippen MR) is 75.7 cm³/mol. The largest absolute Gasteiger partial charge is 0.497 e. The van der Waals surface area contributed by atoms with E-state index in [2.05, 4.69) is 0 Å². The van der Waals surface area contributed by atoms with Crippen LogP contribution in [0.3, 0.4) is 0 Å². The molecule has 0 saturated heterocycles. The lowest BCUT2D eigenvalue weighted by atomic mass is 10.3.